The Balaban J connectivity index is 2.00. The maximum Gasteiger partial charge on any atom is 0.146 e. The number of nitrogen functional groups attached to an aromatic ring is 1. The molecule has 1 aliphatic rings. The molecule has 0 aromatic carbocycles. The topological polar surface area (TPSA) is 70.3 Å². The zero-order valence-electron chi connectivity index (χ0n) is 11.2. The zero-order valence-corrected chi connectivity index (χ0v) is 11.2. The summed E-state index contributed by atoms with van der Waals surface area (Å²) in [6, 6.07) is 1.79. The van der Waals surface area contributed by atoms with E-state index in [0.29, 0.717) is 5.82 Å². The van der Waals surface area contributed by atoms with Gasteiger partial charge in [0.1, 0.15) is 17.5 Å². The third kappa shape index (κ3) is 3.54. The number of hydrazine groups is 1. The van der Waals surface area contributed by atoms with Crippen molar-refractivity contribution in [2.24, 2.45) is 0 Å². The van der Waals surface area contributed by atoms with Crippen LogP contribution in [0.3, 0.4) is 0 Å². The van der Waals surface area contributed by atoms with Crippen LogP contribution in [-0.4, -0.2) is 53.1 Å². The Kier molecular flexibility index (Phi) is 4.33. The van der Waals surface area contributed by atoms with Crippen LogP contribution >= 0.6 is 0 Å². The highest BCUT2D eigenvalue weighted by molar-refractivity contribution is 5.44. The predicted molar refractivity (Wildman–Crippen MR) is 73.1 cm³/mol. The maximum absolute atomic E-state index is 5.80. The second kappa shape index (κ2) is 5.97. The molecule has 0 atom stereocenters. The quantitative estimate of drug-likeness (QED) is 0.815. The van der Waals surface area contributed by atoms with Crippen molar-refractivity contribution in [1.29, 1.82) is 0 Å². The minimum atomic E-state index is 0.532. The number of piperazine rings is 1. The number of likely N-dealkylation sites (N-methyl/N-ethyl adjacent to an activating group) is 1. The molecule has 1 aromatic rings. The van der Waals surface area contributed by atoms with Gasteiger partial charge < -0.3 is 16.1 Å². The summed E-state index contributed by atoms with van der Waals surface area (Å²) in [5.74, 6) is 2.15. The van der Waals surface area contributed by atoms with E-state index >= 15 is 0 Å². The van der Waals surface area contributed by atoms with Crippen LogP contribution in [0.25, 0.3) is 0 Å². The molecule has 18 heavy (non-hydrogen) atoms. The lowest BCUT2D eigenvalue weighted by atomic mass is 10.3. The van der Waals surface area contributed by atoms with E-state index in [4.69, 9.17) is 5.73 Å². The molecule has 0 bridgehead atoms. The Hall–Kier alpha value is -1.40. The van der Waals surface area contributed by atoms with Crippen LogP contribution in [0, 0.1) is 0 Å². The van der Waals surface area contributed by atoms with Crippen molar-refractivity contribution in [3.8, 4) is 0 Å². The van der Waals surface area contributed by atoms with Gasteiger partial charge in [0.2, 0.25) is 0 Å². The smallest absolute Gasteiger partial charge is 0.146 e. The summed E-state index contributed by atoms with van der Waals surface area (Å²) in [6.45, 7) is 6.22. The van der Waals surface area contributed by atoms with Crippen LogP contribution in [0.15, 0.2) is 6.07 Å². The van der Waals surface area contributed by atoms with Gasteiger partial charge in [-0.05, 0) is 13.5 Å². The average molecular weight is 250 g/mol. The Morgan fingerprint density at radius 2 is 2.00 bits per heavy atom. The number of rotatable bonds is 4. The molecule has 1 aromatic heterocycles. The Morgan fingerprint density at radius 1 is 1.28 bits per heavy atom. The van der Waals surface area contributed by atoms with Gasteiger partial charge in [0.25, 0.3) is 0 Å². The molecule has 0 radical (unpaired) electrons. The molecule has 1 saturated heterocycles. The molecule has 0 amide bonds. The molecular formula is C12H22N6. The van der Waals surface area contributed by atoms with Gasteiger partial charge in [0.05, 0.1) is 0 Å². The van der Waals surface area contributed by atoms with Gasteiger partial charge in [0.15, 0.2) is 0 Å². The minimum Gasteiger partial charge on any atom is -0.384 e. The molecule has 1 aliphatic heterocycles. The SMILES string of the molecule is CCCc1nc(N)cc(NN2CCN(C)CC2)n1. The fourth-order valence-electron chi connectivity index (χ4n) is 1.99. The normalized spacial score (nSPS) is 17.9. The largest absolute Gasteiger partial charge is 0.384 e. The minimum absolute atomic E-state index is 0.532. The molecular weight excluding hydrogens is 228 g/mol. The maximum atomic E-state index is 5.80. The van der Waals surface area contributed by atoms with Crippen molar-refractivity contribution in [3.63, 3.8) is 0 Å². The summed E-state index contributed by atoms with van der Waals surface area (Å²) in [7, 11) is 2.14. The number of anilines is 2. The Morgan fingerprint density at radius 3 is 2.67 bits per heavy atom. The first kappa shape index (κ1) is 13.0. The first-order valence-corrected chi connectivity index (χ1v) is 6.51. The van der Waals surface area contributed by atoms with E-state index in [1.807, 2.05) is 0 Å². The molecule has 6 nitrogen and oxygen atoms in total. The van der Waals surface area contributed by atoms with Crippen LogP contribution in [0.5, 0.6) is 0 Å². The number of nitrogens with two attached hydrogens (primary N) is 1. The summed E-state index contributed by atoms with van der Waals surface area (Å²) >= 11 is 0. The van der Waals surface area contributed by atoms with Gasteiger partial charge in [-0.2, -0.15) is 0 Å². The second-order valence-electron chi connectivity index (χ2n) is 4.75. The molecule has 0 aliphatic carbocycles. The summed E-state index contributed by atoms with van der Waals surface area (Å²) in [5, 5.41) is 2.18. The first-order valence-electron chi connectivity index (χ1n) is 6.51. The molecule has 0 unspecified atom stereocenters. The van der Waals surface area contributed by atoms with Crippen molar-refractivity contribution in [1.82, 2.24) is 19.9 Å². The average Bonchev–Trinajstić information content (AvgIpc) is 2.32. The van der Waals surface area contributed by atoms with E-state index in [2.05, 4.69) is 39.3 Å². The highest BCUT2D eigenvalue weighted by Gasteiger charge is 2.14. The van der Waals surface area contributed by atoms with Crippen LogP contribution in [0.4, 0.5) is 11.6 Å². The molecule has 100 valence electrons. The number of hydrogen-bond donors (Lipinski definition) is 2. The van der Waals surface area contributed by atoms with E-state index in [1.165, 1.54) is 0 Å². The number of nitrogens with zero attached hydrogens (tertiary/aromatic N) is 4. The van der Waals surface area contributed by atoms with Gasteiger partial charge in [-0.25, -0.2) is 15.0 Å². The third-order valence-electron chi connectivity index (χ3n) is 3.04. The van der Waals surface area contributed by atoms with Crippen molar-refractivity contribution in [3.05, 3.63) is 11.9 Å². The number of hydrogen-bond acceptors (Lipinski definition) is 6. The number of aromatic nitrogens is 2. The van der Waals surface area contributed by atoms with Gasteiger partial charge in [-0.1, -0.05) is 6.92 Å². The zero-order chi connectivity index (χ0) is 13.0. The fraction of sp³-hybridized carbons (Fsp3) is 0.667. The second-order valence-corrected chi connectivity index (χ2v) is 4.75. The van der Waals surface area contributed by atoms with Crippen LogP contribution < -0.4 is 11.2 Å². The van der Waals surface area contributed by atoms with Gasteiger partial charge in [0, 0.05) is 38.7 Å². The summed E-state index contributed by atoms with van der Waals surface area (Å²) in [6.07, 6.45) is 1.89. The lowest BCUT2D eigenvalue weighted by Crippen LogP contribution is -2.47. The lowest BCUT2D eigenvalue weighted by molar-refractivity contribution is 0.178. The highest BCUT2D eigenvalue weighted by atomic mass is 15.5. The molecule has 2 rings (SSSR count). The van der Waals surface area contributed by atoms with Crippen molar-refractivity contribution in [2.75, 3.05) is 44.4 Å². The molecule has 1 fully saturated rings. The van der Waals surface area contributed by atoms with E-state index in [-0.39, 0.29) is 0 Å². The molecule has 0 spiro atoms. The van der Waals surface area contributed by atoms with E-state index < -0.39 is 0 Å². The number of aryl methyl sites for hydroxylation is 1. The van der Waals surface area contributed by atoms with Gasteiger partial charge >= 0.3 is 0 Å². The van der Waals surface area contributed by atoms with E-state index in [9.17, 15) is 0 Å². The lowest BCUT2D eigenvalue weighted by Gasteiger charge is -2.32. The van der Waals surface area contributed by atoms with Crippen LogP contribution in [-0.2, 0) is 6.42 Å². The molecule has 3 N–H and O–H groups in total. The highest BCUT2D eigenvalue weighted by Crippen LogP contribution is 2.11. The predicted octanol–water partition coefficient (Wildman–Crippen LogP) is 0.586. The fourth-order valence-corrected chi connectivity index (χ4v) is 1.99. The Bertz CT molecular complexity index is 386. The molecule has 2 heterocycles. The summed E-state index contributed by atoms with van der Waals surface area (Å²) < 4.78 is 0. The molecule has 6 heteroatoms. The van der Waals surface area contributed by atoms with Crippen LogP contribution in [0.1, 0.15) is 19.2 Å². The van der Waals surface area contributed by atoms with Crippen molar-refractivity contribution in [2.45, 2.75) is 19.8 Å². The monoisotopic (exact) mass is 250 g/mol. The first-order chi connectivity index (χ1) is 8.67. The van der Waals surface area contributed by atoms with Crippen LogP contribution in [0.2, 0.25) is 0 Å². The van der Waals surface area contributed by atoms with Gasteiger partial charge in [-0.3, -0.25) is 0 Å². The molecule has 0 saturated carbocycles. The van der Waals surface area contributed by atoms with E-state index in [0.717, 1.165) is 50.7 Å². The van der Waals surface area contributed by atoms with Crippen molar-refractivity contribution >= 4 is 11.6 Å². The standard InChI is InChI=1S/C12H22N6/c1-3-4-11-14-10(13)9-12(15-11)16-18-7-5-17(2)6-8-18/h9H,3-8H2,1-2H3,(H3,13,14,15,16). The number of nitrogens with one attached hydrogen (secondary N) is 1. The third-order valence-corrected chi connectivity index (χ3v) is 3.04. The summed E-state index contributed by atoms with van der Waals surface area (Å²) in [4.78, 5) is 11.0. The van der Waals surface area contributed by atoms with E-state index in [1.54, 1.807) is 6.07 Å². The van der Waals surface area contributed by atoms with Crippen molar-refractivity contribution < 1.29 is 0 Å². The summed E-state index contributed by atoms with van der Waals surface area (Å²) in [5.41, 5.74) is 9.12. The van der Waals surface area contributed by atoms with Gasteiger partial charge in [-0.15, -0.1) is 0 Å². The Labute approximate surface area is 108 Å².